The zero-order chi connectivity index (χ0) is 12.2. The van der Waals surface area contributed by atoms with Gasteiger partial charge >= 0.3 is 0 Å². The summed E-state index contributed by atoms with van der Waals surface area (Å²) in [6.45, 7) is 2.15. The lowest BCUT2D eigenvalue weighted by atomic mass is 10.3. The third-order valence-corrected chi connectivity index (χ3v) is 3.87. The van der Waals surface area contributed by atoms with E-state index in [-0.39, 0.29) is 6.61 Å². The Labute approximate surface area is 95.0 Å². The zero-order valence-electron chi connectivity index (χ0n) is 8.99. The first-order chi connectivity index (χ1) is 7.49. The molecule has 1 aliphatic heterocycles. The molecule has 1 unspecified atom stereocenters. The monoisotopic (exact) mass is 254 g/mol. The molecule has 7 nitrogen and oxygen atoms in total. The Morgan fingerprint density at radius 1 is 1.12 bits per heavy atom. The van der Waals surface area contributed by atoms with E-state index in [0.717, 1.165) is 0 Å². The van der Waals surface area contributed by atoms with Gasteiger partial charge in [-0.15, -0.1) is 0 Å². The fourth-order valence-corrected chi connectivity index (χ4v) is 2.59. The summed E-state index contributed by atoms with van der Waals surface area (Å²) in [7, 11) is -4.24. The molecule has 0 amide bonds. The molecule has 1 heterocycles. The maximum absolute atomic E-state index is 11.0. The van der Waals surface area contributed by atoms with Crippen LogP contribution in [0.25, 0.3) is 0 Å². The summed E-state index contributed by atoms with van der Waals surface area (Å²) in [4.78, 5) is 3.53. The molecule has 1 saturated heterocycles. The molecule has 8 heteroatoms. The van der Waals surface area contributed by atoms with Crippen LogP contribution in [0.5, 0.6) is 0 Å². The van der Waals surface area contributed by atoms with Gasteiger partial charge in [0.15, 0.2) is 5.37 Å². The molecule has 0 radical (unpaired) electrons. The highest BCUT2D eigenvalue weighted by molar-refractivity contribution is 7.86. The van der Waals surface area contributed by atoms with Gasteiger partial charge in [-0.05, 0) is 0 Å². The lowest BCUT2D eigenvalue weighted by Crippen LogP contribution is -2.54. The lowest BCUT2D eigenvalue weighted by molar-refractivity contribution is 0.0822. The van der Waals surface area contributed by atoms with Crippen molar-refractivity contribution < 1.29 is 23.2 Å². The third kappa shape index (κ3) is 3.65. The molecule has 3 N–H and O–H groups in total. The van der Waals surface area contributed by atoms with Crippen molar-refractivity contribution >= 4 is 10.1 Å². The number of aliphatic hydroxyl groups is 2. The van der Waals surface area contributed by atoms with Crippen molar-refractivity contribution in [3.8, 4) is 0 Å². The SMILES string of the molecule is O=S(=O)(O)C(CO)N1CCN(CCO)CC1. The second-order valence-electron chi connectivity index (χ2n) is 3.75. The molecule has 1 fully saturated rings. The van der Waals surface area contributed by atoms with Crippen LogP contribution in [-0.4, -0.2) is 84.3 Å². The van der Waals surface area contributed by atoms with Gasteiger partial charge in [-0.2, -0.15) is 8.42 Å². The van der Waals surface area contributed by atoms with Gasteiger partial charge in [0.25, 0.3) is 10.1 Å². The Bertz CT molecular complexity index is 300. The molecule has 0 spiro atoms. The van der Waals surface area contributed by atoms with Crippen LogP contribution in [-0.2, 0) is 10.1 Å². The maximum atomic E-state index is 11.0. The van der Waals surface area contributed by atoms with E-state index >= 15 is 0 Å². The Balaban J connectivity index is 2.52. The van der Waals surface area contributed by atoms with Gasteiger partial charge in [0.2, 0.25) is 0 Å². The van der Waals surface area contributed by atoms with E-state index in [4.69, 9.17) is 14.8 Å². The summed E-state index contributed by atoms with van der Waals surface area (Å²) < 4.78 is 30.9. The van der Waals surface area contributed by atoms with Crippen LogP contribution in [0.4, 0.5) is 0 Å². The van der Waals surface area contributed by atoms with Crippen molar-refractivity contribution in [2.24, 2.45) is 0 Å². The van der Waals surface area contributed by atoms with Crippen molar-refractivity contribution in [2.45, 2.75) is 5.37 Å². The molecule has 0 aromatic carbocycles. The Kier molecular flexibility index (Phi) is 5.09. The van der Waals surface area contributed by atoms with Gasteiger partial charge in [0.05, 0.1) is 13.2 Å². The van der Waals surface area contributed by atoms with Crippen molar-refractivity contribution in [1.29, 1.82) is 0 Å². The minimum absolute atomic E-state index is 0.0712. The fraction of sp³-hybridized carbons (Fsp3) is 1.00. The largest absolute Gasteiger partial charge is 0.395 e. The van der Waals surface area contributed by atoms with E-state index in [1.54, 1.807) is 0 Å². The predicted octanol–water partition coefficient (Wildman–Crippen LogP) is -2.20. The van der Waals surface area contributed by atoms with Crippen molar-refractivity contribution in [1.82, 2.24) is 9.80 Å². The van der Waals surface area contributed by atoms with Crippen LogP contribution < -0.4 is 0 Å². The summed E-state index contributed by atoms with van der Waals surface area (Å²) in [5.41, 5.74) is 0. The summed E-state index contributed by atoms with van der Waals surface area (Å²) in [5, 5.41) is 16.5. The number of nitrogens with zero attached hydrogens (tertiary/aromatic N) is 2. The van der Waals surface area contributed by atoms with Gasteiger partial charge < -0.3 is 10.2 Å². The van der Waals surface area contributed by atoms with Gasteiger partial charge in [-0.3, -0.25) is 14.4 Å². The highest BCUT2D eigenvalue weighted by Gasteiger charge is 2.31. The van der Waals surface area contributed by atoms with Crippen LogP contribution in [0.1, 0.15) is 0 Å². The van der Waals surface area contributed by atoms with Crippen LogP contribution >= 0.6 is 0 Å². The summed E-state index contributed by atoms with van der Waals surface area (Å²) in [5.74, 6) is 0. The minimum Gasteiger partial charge on any atom is -0.395 e. The standard InChI is InChI=1S/C8H18N2O5S/c11-6-5-9-1-3-10(4-2-9)8(7-12)16(13,14)15/h8,11-12H,1-7H2,(H,13,14,15). The molecule has 0 aromatic rings. The topological polar surface area (TPSA) is 101 Å². The molecule has 1 atom stereocenters. The highest BCUT2D eigenvalue weighted by atomic mass is 32.2. The Hall–Kier alpha value is -0.250. The first kappa shape index (κ1) is 13.8. The van der Waals surface area contributed by atoms with Crippen molar-refractivity contribution in [3.63, 3.8) is 0 Å². The molecule has 0 saturated carbocycles. The number of piperazine rings is 1. The Morgan fingerprint density at radius 3 is 2.06 bits per heavy atom. The van der Waals surface area contributed by atoms with Crippen LogP contribution in [0.3, 0.4) is 0 Å². The second-order valence-corrected chi connectivity index (χ2v) is 5.33. The third-order valence-electron chi connectivity index (χ3n) is 2.73. The normalized spacial score (nSPS) is 22.2. The molecule has 0 aromatic heterocycles. The Morgan fingerprint density at radius 2 is 1.69 bits per heavy atom. The van der Waals surface area contributed by atoms with E-state index in [0.29, 0.717) is 32.7 Å². The smallest absolute Gasteiger partial charge is 0.283 e. The second kappa shape index (κ2) is 5.89. The van der Waals surface area contributed by atoms with Gasteiger partial charge in [-0.1, -0.05) is 0 Å². The highest BCUT2D eigenvalue weighted by Crippen LogP contribution is 2.10. The number of hydrogen-bond acceptors (Lipinski definition) is 6. The van der Waals surface area contributed by atoms with Gasteiger partial charge in [0.1, 0.15) is 0 Å². The predicted molar refractivity (Wildman–Crippen MR) is 57.5 cm³/mol. The first-order valence-electron chi connectivity index (χ1n) is 5.13. The van der Waals surface area contributed by atoms with Crippen molar-refractivity contribution in [2.75, 3.05) is 45.9 Å². The summed E-state index contributed by atoms with van der Waals surface area (Å²) >= 11 is 0. The molecule has 96 valence electrons. The van der Waals surface area contributed by atoms with E-state index in [1.165, 1.54) is 4.90 Å². The van der Waals surface area contributed by atoms with E-state index < -0.39 is 22.1 Å². The van der Waals surface area contributed by atoms with E-state index in [9.17, 15) is 8.42 Å². The average molecular weight is 254 g/mol. The van der Waals surface area contributed by atoms with Gasteiger partial charge in [0, 0.05) is 32.7 Å². The minimum atomic E-state index is -4.24. The summed E-state index contributed by atoms with van der Waals surface area (Å²) in [6.07, 6.45) is 0. The molecule has 1 aliphatic rings. The van der Waals surface area contributed by atoms with Crippen molar-refractivity contribution in [3.05, 3.63) is 0 Å². The fourth-order valence-electron chi connectivity index (χ4n) is 1.81. The average Bonchev–Trinajstić information content (AvgIpc) is 2.20. The number of hydrogen-bond donors (Lipinski definition) is 3. The van der Waals surface area contributed by atoms with Gasteiger partial charge in [-0.25, -0.2) is 0 Å². The zero-order valence-corrected chi connectivity index (χ0v) is 9.80. The molecule has 16 heavy (non-hydrogen) atoms. The number of rotatable bonds is 5. The first-order valence-corrected chi connectivity index (χ1v) is 6.63. The van der Waals surface area contributed by atoms with E-state index in [2.05, 4.69) is 0 Å². The van der Waals surface area contributed by atoms with Crippen LogP contribution in [0.15, 0.2) is 0 Å². The van der Waals surface area contributed by atoms with Crippen LogP contribution in [0, 0.1) is 0 Å². The van der Waals surface area contributed by atoms with E-state index in [1.807, 2.05) is 4.90 Å². The molecule has 0 aliphatic carbocycles. The molecule has 1 rings (SSSR count). The van der Waals surface area contributed by atoms with Crippen LogP contribution in [0.2, 0.25) is 0 Å². The molecular weight excluding hydrogens is 236 g/mol. The summed E-state index contributed by atoms with van der Waals surface area (Å²) in [6, 6.07) is 0. The molecule has 0 bridgehead atoms. The quantitative estimate of drug-likeness (QED) is 0.479. The number of β-amino-alcohol motifs (C(OH)–C–C–N with tert-alkyl or cyclic N) is 1. The maximum Gasteiger partial charge on any atom is 0.283 e. The number of aliphatic hydroxyl groups excluding tert-OH is 2. The lowest BCUT2D eigenvalue weighted by Gasteiger charge is -2.36. The molecular formula is C8H18N2O5S.